The van der Waals surface area contributed by atoms with Crippen LogP contribution in [-0.2, 0) is 0 Å². The van der Waals surface area contributed by atoms with Crippen molar-refractivity contribution in [3.05, 3.63) is 65.0 Å². The first-order valence-electron chi connectivity index (χ1n) is 5.57. The molecule has 0 amide bonds. The summed E-state index contributed by atoms with van der Waals surface area (Å²) in [6.07, 6.45) is 0. The summed E-state index contributed by atoms with van der Waals surface area (Å²) in [6.45, 7) is 0. The molecular formula is C15H10O2S. The second-order valence-corrected chi connectivity index (χ2v) is 4.52. The van der Waals surface area contributed by atoms with E-state index in [1.807, 2.05) is 48.5 Å². The SMILES string of the molecule is O=c1oc2cc(S)cccc-2c1-c1ccccc1. The van der Waals surface area contributed by atoms with E-state index < -0.39 is 0 Å². The average Bonchev–Trinajstić information content (AvgIpc) is 2.55. The quantitative estimate of drug-likeness (QED) is 0.671. The minimum atomic E-state index is -0.310. The first-order chi connectivity index (χ1) is 8.75. The molecule has 3 heteroatoms. The third-order valence-corrected chi connectivity index (χ3v) is 3.09. The topological polar surface area (TPSA) is 30.2 Å². The molecule has 1 aromatic carbocycles. The van der Waals surface area contributed by atoms with Crippen molar-refractivity contribution >= 4 is 12.6 Å². The van der Waals surface area contributed by atoms with Crippen LogP contribution in [0.25, 0.3) is 22.5 Å². The molecule has 18 heavy (non-hydrogen) atoms. The summed E-state index contributed by atoms with van der Waals surface area (Å²) in [6, 6.07) is 16.9. The number of rotatable bonds is 1. The fourth-order valence-electron chi connectivity index (χ4n) is 2.02. The molecule has 0 radical (unpaired) electrons. The number of benzene rings is 1. The van der Waals surface area contributed by atoms with Gasteiger partial charge in [0.25, 0.3) is 0 Å². The van der Waals surface area contributed by atoms with Gasteiger partial charge in [-0.3, -0.25) is 0 Å². The summed E-state index contributed by atoms with van der Waals surface area (Å²) in [5, 5.41) is 0. The number of furan rings is 1. The third-order valence-electron chi connectivity index (χ3n) is 2.81. The maximum atomic E-state index is 12.0. The molecule has 0 N–H and O–H groups in total. The Labute approximate surface area is 110 Å². The van der Waals surface area contributed by atoms with Crippen molar-refractivity contribution in [2.75, 3.05) is 0 Å². The molecule has 0 spiro atoms. The molecule has 3 rings (SSSR count). The van der Waals surface area contributed by atoms with Gasteiger partial charge in [0, 0.05) is 10.5 Å². The van der Waals surface area contributed by atoms with Crippen molar-refractivity contribution in [3.8, 4) is 22.5 Å². The molecule has 0 aromatic heterocycles. The Morgan fingerprint density at radius 1 is 0.944 bits per heavy atom. The van der Waals surface area contributed by atoms with E-state index in [9.17, 15) is 4.79 Å². The van der Waals surface area contributed by atoms with Crippen molar-refractivity contribution in [2.45, 2.75) is 4.90 Å². The van der Waals surface area contributed by atoms with Crippen LogP contribution in [0.1, 0.15) is 0 Å². The Morgan fingerprint density at radius 3 is 2.50 bits per heavy atom. The van der Waals surface area contributed by atoms with E-state index in [0.29, 0.717) is 11.3 Å². The second kappa shape index (κ2) is 4.35. The van der Waals surface area contributed by atoms with Crippen molar-refractivity contribution in [3.63, 3.8) is 0 Å². The molecule has 0 fully saturated rings. The Bertz CT molecular complexity index is 716. The first kappa shape index (κ1) is 11.1. The number of thiol groups is 1. The molecule has 2 aliphatic rings. The number of hydrogen-bond acceptors (Lipinski definition) is 3. The monoisotopic (exact) mass is 254 g/mol. The van der Waals surface area contributed by atoms with Crippen LogP contribution in [0, 0.1) is 0 Å². The highest BCUT2D eigenvalue weighted by atomic mass is 32.1. The molecule has 1 aliphatic heterocycles. The van der Waals surface area contributed by atoms with Crippen molar-refractivity contribution in [2.24, 2.45) is 0 Å². The summed E-state index contributed by atoms with van der Waals surface area (Å²) in [7, 11) is 0. The van der Waals surface area contributed by atoms with Crippen LogP contribution in [0.5, 0.6) is 0 Å². The summed E-state index contributed by atoms with van der Waals surface area (Å²) < 4.78 is 5.29. The standard InChI is InChI=1S/C15H10O2S/c16-15-14(10-5-2-1-3-6-10)12-8-4-7-11(18)9-13(12)17-15/h1-9,18H. The molecule has 0 saturated heterocycles. The summed E-state index contributed by atoms with van der Waals surface area (Å²) >= 11 is 4.28. The van der Waals surface area contributed by atoms with Gasteiger partial charge in [-0.25, -0.2) is 4.79 Å². The van der Waals surface area contributed by atoms with Gasteiger partial charge in [-0.1, -0.05) is 42.5 Å². The van der Waals surface area contributed by atoms with Gasteiger partial charge in [-0.15, -0.1) is 12.6 Å². The highest BCUT2D eigenvalue weighted by Crippen LogP contribution is 2.32. The van der Waals surface area contributed by atoms with Crippen LogP contribution >= 0.6 is 12.6 Å². The average molecular weight is 254 g/mol. The van der Waals surface area contributed by atoms with E-state index in [4.69, 9.17) is 4.42 Å². The van der Waals surface area contributed by atoms with E-state index in [1.165, 1.54) is 0 Å². The molecule has 1 heterocycles. The van der Waals surface area contributed by atoms with E-state index in [1.54, 1.807) is 6.07 Å². The number of fused-ring (bicyclic) bond motifs is 1. The molecule has 0 saturated carbocycles. The zero-order valence-corrected chi connectivity index (χ0v) is 10.4. The van der Waals surface area contributed by atoms with Crippen molar-refractivity contribution in [1.29, 1.82) is 0 Å². The molecule has 0 bridgehead atoms. The first-order valence-corrected chi connectivity index (χ1v) is 6.02. The third kappa shape index (κ3) is 1.83. The van der Waals surface area contributed by atoms with Crippen molar-refractivity contribution < 1.29 is 4.42 Å². The molecule has 88 valence electrons. The number of hydrogen-bond donors (Lipinski definition) is 1. The molecule has 2 nitrogen and oxygen atoms in total. The van der Waals surface area contributed by atoms with Crippen LogP contribution in [0.4, 0.5) is 0 Å². The van der Waals surface area contributed by atoms with Gasteiger partial charge >= 0.3 is 5.63 Å². The van der Waals surface area contributed by atoms with Gasteiger partial charge in [0.15, 0.2) is 0 Å². The lowest BCUT2D eigenvalue weighted by molar-refractivity contribution is 0.545. The Morgan fingerprint density at radius 2 is 1.72 bits per heavy atom. The van der Waals surface area contributed by atoms with Crippen molar-refractivity contribution in [1.82, 2.24) is 0 Å². The lowest BCUT2D eigenvalue weighted by Crippen LogP contribution is -1.95. The van der Waals surface area contributed by atoms with Gasteiger partial charge < -0.3 is 4.42 Å². The van der Waals surface area contributed by atoms with E-state index >= 15 is 0 Å². The van der Waals surface area contributed by atoms with E-state index in [2.05, 4.69) is 12.6 Å². The zero-order chi connectivity index (χ0) is 12.5. The molecule has 0 unspecified atom stereocenters. The lowest BCUT2D eigenvalue weighted by Gasteiger charge is -1.97. The van der Waals surface area contributed by atoms with Crippen LogP contribution < -0.4 is 5.63 Å². The van der Waals surface area contributed by atoms with Gasteiger partial charge in [-0.2, -0.15) is 0 Å². The molecule has 0 atom stereocenters. The van der Waals surface area contributed by atoms with Gasteiger partial charge in [0.2, 0.25) is 0 Å². The minimum absolute atomic E-state index is 0.310. The van der Waals surface area contributed by atoms with Crippen LogP contribution in [0.15, 0.2) is 68.7 Å². The summed E-state index contributed by atoms with van der Waals surface area (Å²) in [5.74, 6) is 0.564. The Hall–Kier alpha value is -2.00. The largest absolute Gasteiger partial charge is 0.422 e. The Balaban J connectivity index is 2.33. The lowest BCUT2D eigenvalue weighted by atomic mass is 10.0. The van der Waals surface area contributed by atoms with Gasteiger partial charge in [0.1, 0.15) is 5.76 Å². The zero-order valence-electron chi connectivity index (χ0n) is 9.46. The van der Waals surface area contributed by atoms with Crippen LogP contribution in [0.2, 0.25) is 0 Å². The smallest absolute Gasteiger partial charge is 0.344 e. The fourth-order valence-corrected chi connectivity index (χ4v) is 2.22. The maximum Gasteiger partial charge on any atom is 0.344 e. The van der Waals surface area contributed by atoms with Crippen LogP contribution in [-0.4, -0.2) is 0 Å². The maximum absolute atomic E-state index is 12.0. The predicted molar refractivity (Wildman–Crippen MR) is 74.3 cm³/mol. The molecular weight excluding hydrogens is 244 g/mol. The van der Waals surface area contributed by atoms with Gasteiger partial charge in [0.05, 0.1) is 5.56 Å². The fraction of sp³-hybridized carbons (Fsp3) is 0. The highest BCUT2D eigenvalue weighted by molar-refractivity contribution is 7.80. The predicted octanol–water partition coefficient (Wildman–Crippen LogP) is 3.70. The molecule has 1 aliphatic carbocycles. The van der Waals surface area contributed by atoms with E-state index in [0.717, 1.165) is 16.0 Å². The highest BCUT2D eigenvalue weighted by Gasteiger charge is 2.17. The Kier molecular flexibility index (Phi) is 2.68. The normalized spacial score (nSPS) is 10.7. The second-order valence-electron chi connectivity index (χ2n) is 4.00. The molecule has 1 aromatic rings. The van der Waals surface area contributed by atoms with E-state index in [-0.39, 0.29) is 5.63 Å². The van der Waals surface area contributed by atoms with Crippen LogP contribution in [0.3, 0.4) is 0 Å². The summed E-state index contributed by atoms with van der Waals surface area (Å²) in [5.41, 5.74) is 1.98. The summed E-state index contributed by atoms with van der Waals surface area (Å²) in [4.78, 5) is 12.7. The van der Waals surface area contributed by atoms with Gasteiger partial charge in [-0.05, 0) is 17.7 Å². The minimum Gasteiger partial charge on any atom is -0.422 e.